The Kier molecular flexibility index (Phi) is 20.6. The van der Waals surface area contributed by atoms with E-state index in [2.05, 4.69) is 6.58 Å². The molecule has 16 heavy (non-hydrogen) atoms. The molecule has 0 heterocycles. The molecule has 0 spiro atoms. The van der Waals surface area contributed by atoms with Crippen molar-refractivity contribution in [2.24, 2.45) is 5.73 Å². The molecular formula is C14H27NO. The minimum Gasteiger partial charge on any atom is -0.325 e. The van der Waals surface area contributed by atoms with Crippen LogP contribution in [0.3, 0.4) is 0 Å². The fraction of sp³-hybridized carbons (Fsp3) is 0.500. The maximum absolute atomic E-state index is 10.8. The Bertz CT molecular complexity index is 225. The van der Waals surface area contributed by atoms with Crippen LogP contribution in [0.2, 0.25) is 0 Å². The predicted octanol–water partition coefficient (Wildman–Crippen LogP) is 3.64. The molecule has 1 atom stereocenters. The Morgan fingerprint density at radius 3 is 1.88 bits per heavy atom. The number of Topliss-reactive ketones (excluding diaryl/α,β-unsaturated/α-hetero) is 1. The van der Waals surface area contributed by atoms with Gasteiger partial charge in [0.05, 0.1) is 0 Å². The molecule has 0 radical (unpaired) electrons. The van der Waals surface area contributed by atoms with Gasteiger partial charge in [0, 0.05) is 11.6 Å². The summed E-state index contributed by atoms with van der Waals surface area (Å²) in [5.74, 6) is 0.0735. The largest absolute Gasteiger partial charge is 0.325 e. The summed E-state index contributed by atoms with van der Waals surface area (Å²) in [7, 11) is 0. The Labute approximate surface area is 101 Å². The Morgan fingerprint density at radius 2 is 1.69 bits per heavy atom. The third-order valence-corrected chi connectivity index (χ3v) is 1.30. The van der Waals surface area contributed by atoms with Crippen LogP contribution in [0.5, 0.6) is 0 Å². The average molecular weight is 225 g/mol. The molecule has 0 aliphatic carbocycles. The molecule has 0 saturated heterocycles. The van der Waals surface area contributed by atoms with Gasteiger partial charge in [0.25, 0.3) is 0 Å². The number of hydrogen-bond donors (Lipinski definition) is 1. The van der Waals surface area contributed by atoms with Crippen LogP contribution < -0.4 is 5.73 Å². The van der Waals surface area contributed by atoms with Crippen molar-refractivity contribution in [3.8, 4) is 0 Å². The van der Waals surface area contributed by atoms with E-state index in [-0.39, 0.29) is 11.8 Å². The molecule has 0 aromatic carbocycles. The SMILES string of the molecule is C/C=C(\C=C/C(C)N)C(C)=O.C=CC.CC. The summed E-state index contributed by atoms with van der Waals surface area (Å²) in [4.78, 5) is 10.8. The minimum absolute atomic E-state index is 0.00398. The van der Waals surface area contributed by atoms with Crippen LogP contribution in [0.4, 0.5) is 0 Å². The Morgan fingerprint density at radius 1 is 1.31 bits per heavy atom. The lowest BCUT2D eigenvalue weighted by Gasteiger charge is -1.96. The molecule has 0 bridgehead atoms. The first-order chi connectivity index (χ1) is 7.49. The van der Waals surface area contributed by atoms with Crippen molar-refractivity contribution in [2.45, 2.75) is 47.6 Å². The Hall–Kier alpha value is -1.15. The number of carbonyl (C=O) groups excluding carboxylic acids is 1. The molecule has 2 N–H and O–H groups in total. The molecule has 0 rings (SSSR count). The van der Waals surface area contributed by atoms with Gasteiger partial charge in [-0.3, -0.25) is 4.79 Å². The smallest absolute Gasteiger partial charge is 0.159 e. The first-order valence-electron chi connectivity index (χ1n) is 5.67. The lowest BCUT2D eigenvalue weighted by molar-refractivity contribution is -0.113. The van der Waals surface area contributed by atoms with Crippen LogP contribution in [0.15, 0.2) is 36.5 Å². The van der Waals surface area contributed by atoms with Gasteiger partial charge in [-0.05, 0) is 27.7 Å². The zero-order valence-electron chi connectivity index (χ0n) is 11.6. The van der Waals surface area contributed by atoms with Gasteiger partial charge in [-0.2, -0.15) is 0 Å². The Balaban J connectivity index is -0.000000289. The van der Waals surface area contributed by atoms with Gasteiger partial charge < -0.3 is 5.73 Å². The summed E-state index contributed by atoms with van der Waals surface area (Å²) in [5, 5.41) is 0. The maximum atomic E-state index is 10.8. The van der Waals surface area contributed by atoms with Gasteiger partial charge in [-0.25, -0.2) is 0 Å². The number of nitrogens with two attached hydrogens (primary N) is 1. The van der Waals surface area contributed by atoms with Crippen LogP contribution in [-0.4, -0.2) is 11.8 Å². The van der Waals surface area contributed by atoms with Crippen molar-refractivity contribution in [1.29, 1.82) is 0 Å². The first kappa shape index (κ1) is 20.3. The highest BCUT2D eigenvalue weighted by Gasteiger charge is 1.96. The topological polar surface area (TPSA) is 43.1 Å². The molecule has 94 valence electrons. The molecule has 0 amide bonds. The number of allylic oxidation sites excluding steroid dienone is 4. The van der Waals surface area contributed by atoms with Crippen LogP contribution >= 0.6 is 0 Å². The molecular weight excluding hydrogens is 198 g/mol. The van der Waals surface area contributed by atoms with E-state index < -0.39 is 0 Å². The lowest BCUT2D eigenvalue weighted by atomic mass is 10.1. The van der Waals surface area contributed by atoms with Crippen LogP contribution in [0.1, 0.15) is 41.5 Å². The standard InChI is InChI=1S/C9H15NO.C3H6.C2H6/c1-4-9(8(3)11)6-5-7(2)10;1-3-2;1-2/h4-7H,10H2,1-3H3;3H,1H2,2H3;1-2H3/b6-5-,9-4+;;. The van der Waals surface area contributed by atoms with Gasteiger partial charge in [-0.1, -0.05) is 38.2 Å². The molecule has 0 fully saturated rings. The second-order valence-electron chi connectivity index (χ2n) is 2.93. The predicted molar refractivity (Wildman–Crippen MR) is 74.4 cm³/mol. The number of rotatable bonds is 3. The van der Waals surface area contributed by atoms with E-state index in [1.165, 1.54) is 0 Å². The molecule has 2 nitrogen and oxygen atoms in total. The zero-order chi connectivity index (χ0) is 13.6. The van der Waals surface area contributed by atoms with E-state index in [4.69, 9.17) is 5.73 Å². The summed E-state index contributed by atoms with van der Waals surface area (Å²) >= 11 is 0. The van der Waals surface area contributed by atoms with E-state index in [0.29, 0.717) is 5.57 Å². The number of carbonyl (C=O) groups is 1. The summed E-state index contributed by atoms with van der Waals surface area (Å²) in [6, 6.07) is 0.00398. The third kappa shape index (κ3) is 18.6. The fourth-order valence-electron chi connectivity index (χ4n) is 0.672. The van der Waals surface area contributed by atoms with Crippen LogP contribution in [-0.2, 0) is 4.79 Å². The van der Waals surface area contributed by atoms with Gasteiger partial charge >= 0.3 is 0 Å². The highest BCUT2D eigenvalue weighted by atomic mass is 16.1. The normalized spacial score (nSPS) is 11.8. The average Bonchev–Trinajstić information content (AvgIpc) is 2.22. The van der Waals surface area contributed by atoms with Gasteiger partial charge in [0.15, 0.2) is 5.78 Å². The number of ketones is 1. The maximum Gasteiger partial charge on any atom is 0.159 e. The molecule has 0 aliphatic rings. The summed E-state index contributed by atoms with van der Waals surface area (Å²) in [6.07, 6.45) is 7.09. The summed E-state index contributed by atoms with van der Waals surface area (Å²) in [5.41, 5.74) is 6.18. The second-order valence-corrected chi connectivity index (χ2v) is 2.93. The van der Waals surface area contributed by atoms with Gasteiger partial charge in [0.1, 0.15) is 0 Å². The quantitative estimate of drug-likeness (QED) is 0.452. The zero-order valence-corrected chi connectivity index (χ0v) is 11.6. The molecule has 1 unspecified atom stereocenters. The van der Waals surface area contributed by atoms with Gasteiger partial charge in [0.2, 0.25) is 0 Å². The highest BCUT2D eigenvalue weighted by Crippen LogP contribution is 1.98. The van der Waals surface area contributed by atoms with Crippen molar-refractivity contribution < 1.29 is 4.79 Å². The fourth-order valence-corrected chi connectivity index (χ4v) is 0.672. The lowest BCUT2D eigenvalue weighted by Crippen LogP contribution is -2.10. The number of hydrogen-bond acceptors (Lipinski definition) is 2. The molecule has 0 saturated carbocycles. The molecule has 2 heteroatoms. The van der Waals surface area contributed by atoms with E-state index in [1.807, 2.05) is 34.6 Å². The van der Waals surface area contributed by atoms with Crippen molar-refractivity contribution in [3.63, 3.8) is 0 Å². The molecule has 0 aliphatic heterocycles. The van der Waals surface area contributed by atoms with E-state index in [9.17, 15) is 4.79 Å². The summed E-state index contributed by atoms with van der Waals surface area (Å²) < 4.78 is 0. The van der Waals surface area contributed by atoms with Crippen LogP contribution in [0.25, 0.3) is 0 Å². The molecule has 0 aromatic rings. The van der Waals surface area contributed by atoms with Gasteiger partial charge in [-0.15, -0.1) is 6.58 Å². The van der Waals surface area contributed by atoms with E-state index in [0.717, 1.165) is 0 Å². The second kappa shape index (κ2) is 16.3. The van der Waals surface area contributed by atoms with Crippen molar-refractivity contribution in [2.75, 3.05) is 0 Å². The van der Waals surface area contributed by atoms with Crippen molar-refractivity contribution in [3.05, 3.63) is 36.5 Å². The molecule has 0 aromatic heterocycles. The monoisotopic (exact) mass is 225 g/mol. The van der Waals surface area contributed by atoms with E-state index in [1.54, 1.807) is 31.2 Å². The minimum atomic E-state index is 0.00398. The van der Waals surface area contributed by atoms with E-state index >= 15 is 0 Å². The third-order valence-electron chi connectivity index (χ3n) is 1.30. The van der Waals surface area contributed by atoms with Crippen molar-refractivity contribution in [1.82, 2.24) is 0 Å². The summed E-state index contributed by atoms with van der Waals surface area (Å²) in [6.45, 7) is 14.5. The highest BCUT2D eigenvalue weighted by molar-refractivity contribution is 5.95. The first-order valence-corrected chi connectivity index (χ1v) is 5.67. The van der Waals surface area contributed by atoms with Crippen LogP contribution in [0, 0.1) is 0 Å². The van der Waals surface area contributed by atoms with Crippen molar-refractivity contribution >= 4 is 5.78 Å².